The summed E-state index contributed by atoms with van der Waals surface area (Å²) in [6, 6.07) is 23.0. The number of para-hydroxylation sites is 1. The maximum atomic E-state index is 12.6. The number of fused-ring (bicyclic) bond motifs is 1. The number of hydrogen-bond acceptors (Lipinski definition) is 4. The van der Waals surface area contributed by atoms with Gasteiger partial charge in [-0.25, -0.2) is 0 Å². The molecule has 0 aromatic heterocycles. The zero-order valence-electron chi connectivity index (χ0n) is 17.9. The number of nitrogens with zero attached hydrogens (tertiary/aromatic N) is 1. The van der Waals surface area contributed by atoms with Gasteiger partial charge in [0.2, 0.25) is 5.91 Å². The first-order valence-electron chi connectivity index (χ1n) is 11.0. The molecule has 1 fully saturated rings. The topological polar surface area (TPSA) is 78.9 Å². The van der Waals surface area contributed by atoms with Crippen LogP contribution in [0.25, 0.3) is 10.8 Å². The maximum absolute atomic E-state index is 12.6. The molecule has 2 N–H and O–H groups in total. The average molecular weight is 433 g/mol. The number of carbonyl (C=O) groups is 2. The summed E-state index contributed by atoms with van der Waals surface area (Å²) in [5, 5.41) is 15.6. The van der Waals surface area contributed by atoms with Crippen molar-refractivity contribution in [3.8, 4) is 5.75 Å². The van der Waals surface area contributed by atoms with E-state index in [4.69, 9.17) is 4.74 Å². The zero-order chi connectivity index (χ0) is 22.3. The molecule has 3 aromatic carbocycles. The second kappa shape index (κ2) is 10.3. The van der Waals surface area contributed by atoms with Gasteiger partial charge in [0.25, 0.3) is 5.91 Å². The van der Waals surface area contributed by atoms with Gasteiger partial charge in [-0.1, -0.05) is 54.6 Å². The molecule has 6 nitrogen and oxygen atoms in total. The average Bonchev–Trinajstić information content (AvgIpc) is 2.86. The molecule has 1 aliphatic rings. The molecule has 1 aliphatic heterocycles. The Kier molecular flexibility index (Phi) is 7.02. The van der Waals surface area contributed by atoms with Crippen LogP contribution in [0.3, 0.4) is 0 Å². The Morgan fingerprint density at radius 1 is 0.969 bits per heavy atom. The highest BCUT2D eigenvalue weighted by Crippen LogP contribution is 2.21. The third kappa shape index (κ3) is 5.45. The highest BCUT2D eigenvalue weighted by Gasteiger charge is 2.27. The van der Waals surface area contributed by atoms with Crippen molar-refractivity contribution in [2.24, 2.45) is 5.92 Å². The number of hydrogen-bond donors (Lipinski definition) is 2. The van der Waals surface area contributed by atoms with Crippen LogP contribution in [0.5, 0.6) is 5.75 Å². The molecule has 4 rings (SSSR count). The fourth-order valence-corrected chi connectivity index (χ4v) is 4.02. The Bertz CT molecular complexity index is 1060. The summed E-state index contributed by atoms with van der Waals surface area (Å²) >= 11 is 0. The van der Waals surface area contributed by atoms with Crippen LogP contribution in [0.1, 0.15) is 24.5 Å². The van der Waals surface area contributed by atoms with Crippen LogP contribution in [0.2, 0.25) is 0 Å². The smallest absolute Gasteiger partial charge is 0.260 e. The third-order valence-corrected chi connectivity index (χ3v) is 5.95. The van der Waals surface area contributed by atoms with E-state index in [0.29, 0.717) is 31.7 Å². The van der Waals surface area contributed by atoms with Gasteiger partial charge >= 0.3 is 0 Å². The van der Waals surface area contributed by atoms with Gasteiger partial charge < -0.3 is 20.1 Å². The van der Waals surface area contributed by atoms with Crippen molar-refractivity contribution in [1.29, 1.82) is 0 Å². The largest absolute Gasteiger partial charge is 0.484 e. The van der Waals surface area contributed by atoms with Gasteiger partial charge in [0.1, 0.15) is 5.75 Å². The highest BCUT2D eigenvalue weighted by molar-refractivity contribution is 5.83. The van der Waals surface area contributed by atoms with Crippen LogP contribution in [-0.4, -0.2) is 48.1 Å². The standard InChI is InChI=1S/C26H28N2O4/c29-24(22-11-10-19-6-4-5-7-21(19)16-22)17-27-26(31)20-12-14-28(15-13-20)25(30)18-32-23-8-2-1-3-9-23/h1-11,16,20,24,29H,12-15,17-18H2,(H,27,31). The SMILES string of the molecule is O=C(NCC(O)c1ccc2ccccc2c1)C1CCN(C(=O)COc2ccccc2)CC1. The summed E-state index contributed by atoms with van der Waals surface area (Å²) in [7, 11) is 0. The normalized spacial score (nSPS) is 15.3. The van der Waals surface area contributed by atoms with E-state index in [1.807, 2.05) is 72.8 Å². The highest BCUT2D eigenvalue weighted by atomic mass is 16.5. The Morgan fingerprint density at radius 2 is 1.66 bits per heavy atom. The molecular weight excluding hydrogens is 404 g/mol. The van der Waals surface area contributed by atoms with Crippen LogP contribution < -0.4 is 10.1 Å². The van der Waals surface area contributed by atoms with Gasteiger partial charge in [-0.15, -0.1) is 0 Å². The fraction of sp³-hybridized carbons (Fsp3) is 0.308. The molecular formula is C26H28N2O4. The number of likely N-dealkylation sites (tertiary alicyclic amines) is 1. The summed E-state index contributed by atoms with van der Waals surface area (Å²) in [6.07, 6.45) is 0.449. The van der Waals surface area contributed by atoms with E-state index in [1.54, 1.807) is 4.90 Å². The van der Waals surface area contributed by atoms with E-state index in [2.05, 4.69) is 5.32 Å². The summed E-state index contributed by atoms with van der Waals surface area (Å²) in [5.41, 5.74) is 0.780. The Hall–Kier alpha value is -3.38. The van der Waals surface area contributed by atoms with Crippen LogP contribution in [0, 0.1) is 5.92 Å². The lowest BCUT2D eigenvalue weighted by Gasteiger charge is -2.31. The van der Waals surface area contributed by atoms with Gasteiger partial charge in [0.05, 0.1) is 6.10 Å². The number of amides is 2. The molecule has 1 heterocycles. The molecule has 0 spiro atoms. The lowest BCUT2D eigenvalue weighted by atomic mass is 9.95. The Morgan fingerprint density at radius 3 is 2.41 bits per heavy atom. The maximum Gasteiger partial charge on any atom is 0.260 e. The van der Waals surface area contributed by atoms with Crippen LogP contribution in [0.15, 0.2) is 72.8 Å². The van der Waals surface area contributed by atoms with Gasteiger partial charge in [-0.3, -0.25) is 9.59 Å². The van der Waals surface area contributed by atoms with Gasteiger partial charge in [-0.2, -0.15) is 0 Å². The second-order valence-electron chi connectivity index (χ2n) is 8.12. The molecule has 1 atom stereocenters. The summed E-state index contributed by atoms with van der Waals surface area (Å²) in [5.74, 6) is 0.370. The minimum Gasteiger partial charge on any atom is -0.484 e. The molecule has 0 bridgehead atoms. The summed E-state index contributed by atoms with van der Waals surface area (Å²) < 4.78 is 5.53. The van der Waals surface area contributed by atoms with Gasteiger partial charge in [0.15, 0.2) is 6.61 Å². The van der Waals surface area contributed by atoms with Crippen LogP contribution in [0.4, 0.5) is 0 Å². The van der Waals surface area contributed by atoms with Gasteiger partial charge in [0, 0.05) is 25.6 Å². The number of rotatable bonds is 7. The molecule has 32 heavy (non-hydrogen) atoms. The van der Waals surface area contributed by atoms with Crippen molar-refractivity contribution in [2.75, 3.05) is 26.2 Å². The Labute approximate surface area is 187 Å². The van der Waals surface area contributed by atoms with Crippen LogP contribution in [-0.2, 0) is 9.59 Å². The van der Waals surface area contributed by atoms with E-state index in [9.17, 15) is 14.7 Å². The van der Waals surface area contributed by atoms with E-state index < -0.39 is 6.10 Å². The zero-order valence-corrected chi connectivity index (χ0v) is 17.9. The van der Waals surface area contributed by atoms with Crippen LogP contribution >= 0.6 is 0 Å². The van der Waals surface area contributed by atoms with E-state index >= 15 is 0 Å². The molecule has 2 amide bonds. The van der Waals surface area contributed by atoms with Crippen molar-refractivity contribution in [1.82, 2.24) is 10.2 Å². The predicted octanol–water partition coefficient (Wildman–Crippen LogP) is 3.31. The fourth-order valence-electron chi connectivity index (χ4n) is 4.02. The first kappa shape index (κ1) is 21.8. The lowest BCUT2D eigenvalue weighted by molar-refractivity contribution is -0.137. The van der Waals surface area contributed by atoms with Crippen molar-refractivity contribution >= 4 is 22.6 Å². The van der Waals surface area contributed by atoms with Crippen molar-refractivity contribution < 1.29 is 19.4 Å². The first-order chi connectivity index (χ1) is 15.6. The minimum atomic E-state index is -0.764. The molecule has 3 aromatic rings. The number of aliphatic hydroxyl groups is 1. The molecule has 1 saturated heterocycles. The molecule has 0 radical (unpaired) electrons. The van der Waals surface area contributed by atoms with Crippen molar-refractivity contribution in [3.63, 3.8) is 0 Å². The number of nitrogens with one attached hydrogen (secondary N) is 1. The second-order valence-corrected chi connectivity index (χ2v) is 8.12. The van der Waals surface area contributed by atoms with Gasteiger partial charge in [-0.05, 0) is 47.4 Å². The van der Waals surface area contributed by atoms with E-state index in [0.717, 1.165) is 16.3 Å². The lowest BCUT2D eigenvalue weighted by Crippen LogP contribution is -2.45. The molecule has 1 unspecified atom stereocenters. The molecule has 0 saturated carbocycles. The number of aliphatic hydroxyl groups excluding tert-OH is 1. The Balaban J connectivity index is 1.21. The van der Waals surface area contributed by atoms with E-state index in [-0.39, 0.29) is 30.9 Å². The third-order valence-electron chi connectivity index (χ3n) is 5.95. The summed E-state index contributed by atoms with van der Waals surface area (Å²) in [4.78, 5) is 26.7. The number of benzene rings is 3. The monoisotopic (exact) mass is 432 g/mol. The summed E-state index contributed by atoms with van der Waals surface area (Å²) in [6.45, 7) is 1.23. The van der Waals surface area contributed by atoms with Crippen molar-refractivity contribution in [2.45, 2.75) is 18.9 Å². The minimum absolute atomic E-state index is 0.00116. The number of ether oxygens (including phenoxy) is 1. The molecule has 0 aliphatic carbocycles. The first-order valence-corrected chi connectivity index (χ1v) is 11.0. The van der Waals surface area contributed by atoms with Crippen molar-refractivity contribution in [3.05, 3.63) is 78.4 Å². The quantitative estimate of drug-likeness (QED) is 0.600. The molecule has 166 valence electrons. The number of carbonyl (C=O) groups excluding carboxylic acids is 2. The number of piperidine rings is 1. The molecule has 6 heteroatoms. The van der Waals surface area contributed by atoms with E-state index in [1.165, 1.54) is 0 Å². The predicted molar refractivity (Wildman–Crippen MR) is 123 cm³/mol.